The number of amides is 1. The number of aryl methyl sites for hydroxylation is 1. The van der Waals surface area contributed by atoms with Crippen molar-refractivity contribution in [3.63, 3.8) is 0 Å². The molecule has 1 aromatic carbocycles. The fourth-order valence-electron chi connectivity index (χ4n) is 4.61. The van der Waals surface area contributed by atoms with Crippen LogP contribution in [0.3, 0.4) is 0 Å². The molecule has 154 valence electrons. The second-order valence-electron chi connectivity index (χ2n) is 9.09. The van der Waals surface area contributed by atoms with Crippen LogP contribution >= 0.6 is 0 Å². The summed E-state index contributed by atoms with van der Waals surface area (Å²) in [5.74, 6) is 1.07. The first kappa shape index (κ1) is 19.8. The van der Waals surface area contributed by atoms with Crippen molar-refractivity contribution in [3.8, 4) is 0 Å². The van der Waals surface area contributed by atoms with Gasteiger partial charge in [0.2, 0.25) is 5.82 Å². The summed E-state index contributed by atoms with van der Waals surface area (Å²) in [7, 11) is 0. The van der Waals surface area contributed by atoms with Gasteiger partial charge in [-0.25, -0.2) is 9.97 Å². The Labute approximate surface area is 173 Å². The normalized spacial score (nSPS) is 21.1. The third kappa shape index (κ3) is 3.73. The molecule has 1 atom stereocenters. The van der Waals surface area contributed by atoms with E-state index in [-0.39, 0.29) is 17.4 Å². The molecule has 0 unspecified atom stereocenters. The lowest BCUT2D eigenvalue weighted by Crippen LogP contribution is -2.41. The Morgan fingerprint density at radius 2 is 1.93 bits per heavy atom. The Morgan fingerprint density at radius 3 is 2.66 bits per heavy atom. The molecule has 4 rings (SSSR count). The van der Waals surface area contributed by atoms with Crippen molar-refractivity contribution in [2.45, 2.75) is 52.0 Å². The number of fused-ring (bicyclic) bond motifs is 1. The minimum absolute atomic E-state index is 0.0845. The predicted octanol–water partition coefficient (Wildman–Crippen LogP) is 2.61. The largest absolute Gasteiger partial charge is 0.355 e. The van der Waals surface area contributed by atoms with Crippen LogP contribution in [0, 0.1) is 13.8 Å². The molecular formula is C23H31N5O. The van der Waals surface area contributed by atoms with E-state index in [1.807, 2.05) is 18.7 Å². The highest BCUT2D eigenvalue weighted by molar-refractivity contribution is 5.91. The first-order valence-electron chi connectivity index (χ1n) is 10.5. The molecule has 0 bridgehead atoms. The standard InChI is InChI=1S/C23H31N5O/c1-15-16(2)25-20(26-21(15)27-12-10-18(24)13-27)22(29)28-11-9-17-7-5-6-8-19(17)23(3,4)14-28/h5-8,18H,9-14,24H2,1-4H3/t18-/m1/s1. The van der Waals surface area contributed by atoms with Gasteiger partial charge in [0.05, 0.1) is 0 Å². The average Bonchev–Trinajstić information content (AvgIpc) is 3.06. The highest BCUT2D eigenvalue weighted by Gasteiger charge is 2.33. The first-order valence-corrected chi connectivity index (χ1v) is 10.5. The molecule has 2 aliphatic rings. The van der Waals surface area contributed by atoms with Crippen LogP contribution in [0.1, 0.15) is 53.3 Å². The molecule has 1 saturated heterocycles. The fourth-order valence-corrected chi connectivity index (χ4v) is 4.61. The number of carbonyl (C=O) groups is 1. The van der Waals surface area contributed by atoms with Gasteiger partial charge in [-0.3, -0.25) is 4.79 Å². The second kappa shape index (κ2) is 7.41. The Kier molecular flexibility index (Phi) is 5.07. The molecular weight excluding hydrogens is 362 g/mol. The average molecular weight is 394 g/mol. The van der Waals surface area contributed by atoms with E-state index in [1.165, 1.54) is 11.1 Å². The minimum Gasteiger partial charge on any atom is -0.355 e. The number of carbonyl (C=O) groups excluding carboxylic acids is 1. The van der Waals surface area contributed by atoms with Gasteiger partial charge in [0.15, 0.2) is 0 Å². The molecule has 2 N–H and O–H groups in total. The summed E-state index contributed by atoms with van der Waals surface area (Å²) in [4.78, 5) is 26.8. The second-order valence-corrected chi connectivity index (χ2v) is 9.09. The Bertz CT molecular complexity index is 939. The highest BCUT2D eigenvalue weighted by atomic mass is 16.2. The lowest BCUT2D eigenvalue weighted by atomic mass is 9.82. The summed E-state index contributed by atoms with van der Waals surface area (Å²) in [5, 5.41) is 0. The van der Waals surface area contributed by atoms with Crippen molar-refractivity contribution in [2.24, 2.45) is 5.73 Å². The molecule has 1 amide bonds. The molecule has 0 saturated carbocycles. The van der Waals surface area contributed by atoms with Crippen LogP contribution in [0.4, 0.5) is 5.82 Å². The van der Waals surface area contributed by atoms with Crippen molar-refractivity contribution in [1.29, 1.82) is 0 Å². The molecule has 0 spiro atoms. The molecule has 0 aliphatic carbocycles. The number of hydrogen-bond acceptors (Lipinski definition) is 5. The van der Waals surface area contributed by atoms with E-state index in [2.05, 4.69) is 48.0 Å². The van der Waals surface area contributed by atoms with Gasteiger partial charge in [-0.15, -0.1) is 0 Å². The zero-order valence-corrected chi connectivity index (χ0v) is 17.9. The molecule has 2 aromatic rings. The van der Waals surface area contributed by atoms with E-state index < -0.39 is 0 Å². The summed E-state index contributed by atoms with van der Waals surface area (Å²) in [6, 6.07) is 8.68. The van der Waals surface area contributed by atoms with E-state index >= 15 is 0 Å². The minimum atomic E-state index is -0.118. The van der Waals surface area contributed by atoms with Gasteiger partial charge in [-0.1, -0.05) is 38.1 Å². The third-order valence-electron chi connectivity index (χ3n) is 6.35. The maximum Gasteiger partial charge on any atom is 0.291 e. The quantitative estimate of drug-likeness (QED) is 0.849. The van der Waals surface area contributed by atoms with Gasteiger partial charge in [0, 0.05) is 48.9 Å². The van der Waals surface area contributed by atoms with Crippen LogP contribution < -0.4 is 10.6 Å². The van der Waals surface area contributed by atoms with Crippen LogP contribution in [0.2, 0.25) is 0 Å². The maximum atomic E-state index is 13.4. The van der Waals surface area contributed by atoms with Crippen LogP contribution in [0.15, 0.2) is 24.3 Å². The summed E-state index contributed by atoms with van der Waals surface area (Å²) >= 11 is 0. The van der Waals surface area contributed by atoms with Gasteiger partial charge < -0.3 is 15.5 Å². The van der Waals surface area contributed by atoms with Gasteiger partial charge in [-0.05, 0) is 37.8 Å². The lowest BCUT2D eigenvalue weighted by Gasteiger charge is -2.30. The van der Waals surface area contributed by atoms with Gasteiger partial charge in [0.25, 0.3) is 5.91 Å². The SMILES string of the molecule is Cc1nc(C(=O)N2CCc3ccccc3C(C)(C)C2)nc(N2CC[C@@H](N)C2)c1C. The number of aromatic nitrogens is 2. The van der Waals surface area contributed by atoms with Gasteiger partial charge >= 0.3 is 0 Å². The van der Waals surface area contributed by atoms with E-state index in [9.17, 15) is 4.79 Å². The number of nitrogens with zero attached hydrogens (tertiary/aromatic N) is 4. The molecule has 2 aliphatic heterocycles. The summed E-state index contributed by atoms with van der Waals surface area (Å²) in [5.41, 5.74) is 10.5. The van der Waals surface area contributed by atoms with Crippen LogP contribution in [0.25, 0.3) is 0 Å². The molecule has 1 aromatic heterocycles. The molecule has 0 radical (unpaired) electrons. The van der Waals surface area contributed by atoms with Crippen molar-refractivity contribution in [3.05, 3.63) is 52.5 Å². The molecule has 1 fully saturated rings. The zero-order valence-electron chi connectivity index (χ0n) is 17.9. The van der Waals surface area contributed by atoms with Crippen molar-refractivity contribution in [1.82, 2.24) is 14.9 Å². The van der Waals surface area contributed by atoms with Crippen molar-refractivity contribution in [2.75, 3.05) is 31.1 Å². The third-order valence-corrected chi connectivity index (χ3v) is 6.35. The molecule has 29 heavy (non-hydrogen) atoms. The van der Waals surface area contributed by atoms with Crippen LogP contribution in [0.5, 0.6) is 0 Å². The monoisotopic (exact) mass is 393 g/mol. The van der Waals surface area contributed by atoms with Crippen LogP contribution in [-0.4, -0.2) is 53.0 Å². The topological polar surface area (TPSA) is 75.4 Å². The number of benzene rings is 1. The van der Waals surface area contributed by atoms with E-state index in [1.54, 1.807) is 0 Å². The maximum absolute atomic E-state index is 13.4. The highest BCUT2D eigenvalue weighted by Crippen LogP contribution is 2.31. The number of rotatable bonds is 2. The van der Waals surface area contributed by atoms with Crippen molar-refractivity contribution < 1.29 is 4.79 Å². The zero-order chi connectivity index (χ0) is 20.8. The van der Waals surface area contributed by atoms with E-state index in [4.69, 9.17) is 10.7 Å². The summed E-state index contributed by atoms with van der Waals surface area (Å²) < 4.78 is 0. The lowest BCUT2D eigenvalue weighted by molar-refractivity contribution is 0.0719. The summed E-state index contributed by atoms with van der Waals surface area (Å²) in [6.45, 7) is 11.4. The Balaban J connectivity index is 1.64. The van der Waals surface area contributed by atoms with Gasteiger partial charge in [0.1, 0.15) is 5.82 Å². The summed E-state index contributed by atoms with van der Waals surface area (Å²) in [6.07, 6.45) is 1.80. The predicted molar refractivity (Wildman–Crippen MR) is 115 cm³/mol. The van der Waals surface area contributed by atoms with Crippen LogP contribution in [-0.2, 0) is 11.8 Å². The molecule has 3 heterocycles. The van der Waals surface area contributed by atoms with E-state index in [0.29, 0.717) is 18.9 Å². The first-order chi connectivity index (χ1) is 13.8. The van der Waals surface area contributed by atoms with E-state index in [0.717, 1.165) is 43.0 Å². The smallest absolute Gasteiger partial charge is 0.291 e. The fraction of sp³-hybridized carbons (Fsp3) is 0.522. The number of nitrogens with two attached hydrogens (primary N) is 1. The molecule has 6 heteroatoms. The van der Waals surface area contributed by atoms with Gasteiger partial charge in [-0.2, -0.15) is 0 Å². The Hall–Kier alpha value is -2.47. The Morgan fingerprint density at radius 1 is 1.17 bits per heavy atom. The number of anilines is 1. The number of hydrogen-bond donors (Lipinski definition) is 1. The van der Waals surface area contributed by atoms with Crippen molar-refractivity contribution >= 4 is 11.7 Å². The molecule has 6 nitrogen and oxygen atoms in total.